The van der Waals surface area contributed by atoms with Crippen LogP contribution in [-0.4, -0.2) is 23.3 Å². The summed E-state index contributed by atoms with van der Waals surface area (Å²) in [7, 11) is -0.222. The van der Waals surface area contributed by atoms with Crippen LogP contribution in [0.15, 0.2) is 42.7 Å². The number of nitrogens with one attached hydrogen (secondary N) is 2. The molecule has 1 aromatic heterocycles. The smallest absolute Gasteiger partial charge is 0.228 e. The lowest BCUT2D eigenvalue weighted by Crippen LogP contribution is -2.09. The predicted octanol–water partition coefficient (Wildman–Crippen LogP) is 4.19. The number of benzene rings is 1. The molecule has 0 atom stereocenters. The van der Waals surface area contributed by atoms with Crippen LogP contribution in [0.5, 0.6) is 0 Å². The van der Waals surface area contributed by atoms with Gasteiger partial charge in [0.05, 0.1) is 6.20 Å². The molecule has 6 heteroatoms. The average molecular weight is 321 g/mol. The Hall–Kier alpha value is -1.64. The van der Waals surface area contributed by atoms with Gasteiger partial charge in [-0.3, -0.25) is 0 Å². The first kappa shape index (κ1) is 15.7. The minimum absolute atomic E-state index is 0.222. The molecule has 2 N–H and O–H groups in total. The van der Waals surface area contributed by atoms with Gasteiger partial charge < -0.3 is 10.6 Å². The van der Waals surface area contributed by atoms with Gasteiger partial charge in [-0.05, 0) is 31.6 Å². The Morgan fingerprint density at radius 1 is 1.29 bits per heavy atom. The highest BCUT2D eigenvalue weighted by Crippen LogP contribution is 2.30. The van der Waals surface area contributed by atoms with Gasteiger partial charge in [-0.2, -0.15) is 4.98 Å². The zero-order valence-corrected chi connectivity index (χ0v) is 14.0. The van der Waals surface area contributed by atoms with Crippen molar-refractivity contribution in [2.45, 2.75) is 6.92 Å². The number of hydrogen-bond acceptors (Lipinski definition) is 4. The van der Waals surface area contributed by atoms with Crippen LogP contribution in [0.4, 0.5) is 17.5 Å². The summed E-state index contributed by atoms with van der Waals surface area (Å²) < 4.78 is 0. The zero-order valence-electron chi connectivity index (χ0n) is 12.3. The van der Waals surface area contributed by atoms with E-state index in [1.54, 1.807) is 6.20 Å². The van der Waals surface area contributed by atoms with Crippen molar-refractivity contribution in [2.75, 3.05) is 24.0 Å². The maximum Gasteiger partial charge on any atom is 0.228 e. The van der Waals surface area contributed by atoms with Crippen molar-refractivity contribution < 1.29 is 0 Å². The maximum absolute atomic E-state index is 6.18. The Labute approximate surface area is 131 Å². The van der Waals surface area contributed by atoms with E-state index >= 15 is 0 Å². The van der Waals surface area contributed by atoms with Crippen LogP contribution in [0.25, 0.3) is 0 Å². The first-order valence-electron chi connectivity index (χ1n) is 6.46. The monoisotopic (exact) mass is 320 g/mol. The zero-order chi connectivity index (χ0) is 15.4. The number of halogens is 1. The van der Waals surface area contributed by atoms with Gasteiger partial charge in [0.25, 0.3) is 0 Å². The third kappa shape index (κ3) is 4.16. The fraction of sp³-hybridized carbons (Fsp3) is 0.200. The van der Waals surface area contributed by atoms with Crippen LogP contribution in [0.2, 0.25) is 5.02 Å². The molecule has 0 fully saturated rings. The van der Waals surface area contributed by atoms with Crippen molar-refractivity contribution in [2.24, 2.45) is 0 Å². The van der Waals surface area contributed by atoms with E-state index in [1.807, 2.05) is 25.1 Å². The van der Waals surface area contributed by atoms with E-state index in [-0.39, 0.29) is 7.92 Å². The van der Waals surface area contributed by atoms with Crippen molar-refractivity contribution in [3.63, 3.8) is 0 Å². The normalized spacial score (nSPS) is 10.5. The minimum atomic E-state index is -0.222. The van der Waals surface area contributed by atoms with Gasteiger partial charge >= 0.3 is 0 Å². The quantitative estimate of drug-likeness (QED) is 0.811. The lowest BCUT2D eigenvalue weighted by Gasteiger charge is -2.15. The number of aromatic nitrogens is 2. The molecule has 0 aliphatic carbocycles. The molecule has 2 rings (SSSR count). The molecule has 0 spiro atoms. The van der Waals surface area contributed by atoms with Crippen LogP contribution >= 0.6 is 19.5 Å². The highest BCUT2D eigenvalue weighted by molar-refractivity contribution is 7.64. The highest BCUT2D eigenvalue weighted by Gasteiger charge is 2.10. The van der Waals surface area contributed by atoms with Gasteiger partial charge in [0.1, 0.15) is 5.02 Å². The molecule has 0 radical (unpaired) electrons. The Balaban J connectivity index is 2.33. The Morgan fingerprint density at radius 3 is 2.67 bits per heavy atom. The lowest BCUT2D eigenvalue weighted by atomic mass is 10.3. The van der Waals surface area contributed by atoms with E-state index in [0.29, 0.717) is 16.8 Å². The van der Waals surface area contributed by atoms with Crippen LogP contribution in [-0.2, 0) is 0 Å². The molecule has 4 nitrogen and oxygen atoms in total. The van der Waals surface area contributed by atoms with E-state index < -0.39 is 0 Å². The summed E-state index contributed by atoms with van der Waals surface area (Å²) >= 11 is 6.18. The topological polar surface area (TPSA) is 49.8 Å². The minimum Gasteiger partial charge on any atom is -0.338 e. The summed E-state index contributed by atoms with van der Waals surface area (Å²) in [6, 6.07) is 8.18. The number of allylic oxidation sites excluding steroid dienone is 1. The van der Waals surface area contributed by atoms with Crippen LogP contribution in [0, 0.1) is 0 Å². The molecular formula is C15H18ClN4P. The van der Waals surface area contributed by atoms with Crippen molar-refractivity contribution in [1.82, 2.24) is 9.97 Å². The van der Waals surface area contributed by atoms with Gasteiger partial charge in [0.15, 0.2) is 5.82 Å². The molecule has 21 heavy (non-hydrogen) atoms. The Morgan fingerprint density at radius 2 is 2.00 bits per heavy atom. The summed E-state index contributed by atoms with van der Waals surface area (Å²) in [4.78, 5) is 8.52. The number of anilines is 3. The SMILES string of the molecule is C=C(C)Nc1ncc(Cl)c(Nc2ccccc2P(C)C)n1. The molecule has 0 aliphatic rings. The van der Waals surface area contributed by atoms with Gasteiger partial charge in [-0.15, -0.1) is 0 Å². The standard InChI is InChI=1S/C15H18ClN4P/c1-10(2)18-15-17-9-11(16)14(20-15)19-12-7-5-6-8-13(12)21(3)4/h5-9H,1H2,2-4H3,(H2,17,18,19,20). The predicted molar refractivity (Wildman–Crippen MR) is 93.6 cm³/mol. The molecule has 2 aromatic rings. The van der Waals surface area contributed by atoms with Crippen LogP contribution in [0.3, 0.4) is 0 Å². The van der Waals surface area contributed by atoms with E-state index in [9.17, 15) is 0 Å². The van der Waals surface area contributed by atoms with E-state index in [0.717, 1.165) is 11.4 Å². The molecule has 0 aliphatic heterocycles. The molecule has 0 amide bonds. The summed E-state index contributed by atoms with van der Waals surface area (Å²) in [5.41, 5.74) is 1.80. The lowest BCUT2D eigenvalue weighted by molar-refractivity contribution is 1.14. The summed E-state index contributed by atoms with van der Waals surface area (Å²) in [6.07, 6.45) is 1.57. The fourth-order valence-corrected chi connectivity index (χ4v) is 2.94. The van der Waals surface area contributed by atoms with E-state index in [2.05, 4.69) is 46.6 Å². The molecule has 0 bridgehead atoms. The number of para-hydroxylation sites is 1. The number of nitrogens with zero attached hydrogens (tertiary/aromatic N) is 2. The van der Waals surface area contributed by atoms with Crippen molar-refractivity contribution in [3.8, 4) is 0 Å². The fourth-order valence-electron chi connectivity index (χ4n) is 1.80. The van der Waals surface area contributed by atoms with Crippen molar-refractivity contribution >= 4 is 42.3 Å². The van der Waals surface area contributed by atoms with Gasteiger partial charge in [-0.25, -0.2) is 4.98 Å². The second-order valence-corrected chi connectivity index (χ2v) is 7.51. The average Bonchev–Trinajstić information content (AvgIpc) is 2.42. The molecule has 0 saturated carbocycles. The molecular weight excluding hydrogens is 303 g/mol. The van der Waals surface area contributed by atoms with Gasteiger partial charge in [0.2, 0.25) is 5.95 Å². The highest BCUT2D eigenvalue weighted by atomic mass is 35.5. The molecule has 0 unspecified atom stereocenters. The molecule has 0 saturated heterocycles. The summed E-state index contributed by atoms with van der Waals surface area (Å²) in [5.74, 6) is 1.06. The first-order chi connectivity index (χ1) is 9.97. The number of rotatable bonds is 5. The van der Waals surface area contributed by atoms with Crippen LogP contribution < -0.4 is 15.9 Å². The number of hydrogen-bond donors (Lipinski definition) is 2. The van der Waals surface area contributed by atoms with E-state index in [4.69, 9.17) is 11.6 Å². The largest absolute Gasteiger partial charge is 0.338 e. The molecule has 110 valence electrons. The summed E-state index contributed by atoms with van der Waals surface area (Å²) in [6.45, 7) is 10.1. The van der Waals surface area contributed by atoms with Gasteiger partial charge in [0, 0.05) is 11.4 Å². The molecule has 1 heterocycles. The van der Waals surface area contributed by atoms with E-state index in [1.165, 1.54) is 5.30 Å². The van der Waals surface area contributed by atoms with Crippen molar-refractivity contribution in [3.05, 3.63) is 47.8 Å². The Bertz CT molecular complexity index is 658. The van der Waals surface area contributed by atoms with Crippen LogP contribution in [0.1, 0.15) is 6.92 Å². The Kier molecular flexibility index (Phi) is 5.16. The van der Waals surface area contributed by atoms with Crippen molar-refractivity contribution in [1.29, 1.82) is 0 Å². The third-order valence-electron chi connectivity index (χ3n) is 2.71. The third-order valence-corrected chi connectivity index (χ3v) is 4.34. The summed E-state index contributed by atoms with van der Waals surface area (Å²) in [5, 5.41) is 8.04. The first-order valence-corrected chi connectivity index (χ1v) is 9.07. The molecule has 1 aromatic carbocycles. The second kappa shape index (κ2) is 6.88. The second-order valence-electron chi connectivity index (χ2n) is 4.83. The van der Waals surface area contributed by atoms with Gasteiger partial charge in [-0.1, -0.05) is 44.3 Å². The maximum atomic E-state index is 6.18.